The minimum absolute atomic E-state index is 0.657. The largest absolute Gasteiger partial charge is 0.493 e. The van der Waals surface area contributed by atoms with Crippen molar-refractivity contribution in [1.29, 1.82) is 0 Å². The van der Waals surface area contributed by atoms with Gasteiger partial charge in [-0.2, -0.15) is 0 Å². The van der Waals surface area contributed by atoms with E-state index < -0.39 is 0 Å². The van der Waals surface area contributed by atoms with Gasteiger partial charge in [0, 0.05) is 42.2 Å². The number of aryl methyl sites for hydroxylation is 1. The molecular formula is C24H21N3O2S2. The maximum atomic E-state index is 5.47. The second-order valence-electron chi connectivity index (χ2n) is 7.11. The Hall–Kier alpha value is -3.16. The highest BCUT2D eigenvalue weighted by molar-refractivity contribution is 7.19. The van der Waals surface area contributed by atoms with E-state index in [2.05, 4.69) is 57.1 Å². The number of anilines is 1. The fourth-order valence-corrected chi connectivity index (χ4v) is 5.68. The molecule has 0 bridgehead atoms. The molecular weight excluding hydrogens is 426 g/mol. The number of hydrogen-bond acceptors (Lipinski definition) is 7. The zero-order valence-corrected chi connectivity index (χ0v) is 19.1. The lowest BCUT2D eigenvalue weighted by atomic mass is 10.1. The Morgan fingerprint density at radius 3 is 2.58 bits per heavy atom. The van der Waals surface area contributed by atoms with Gasteiger partial charge in [0.05, 0.1) is 26.3 Å². The quantitative estimate of drug-likeness (QED) is 0.321. The molecule has 3 heterocycles. The summed E-state index contributed by atoms with van der Waals surface area (Å²) in [5, 5.41) is 7.96. The summed E-state index contributed by atoms with van der Waals surface area (Å²) in [7, 11) is 3.26. The first-order valence-corrected chi connectivity index (χ1v) is 11.6. The molecule has 0 radical (unpaired) electrons. The van der Waals surface area contributed by atoms with Crippen LogP contribution in [0.5, 0.6) is 11.5 Å². The van der Waals surface area contributed by atoms with Gasteiger partial charge in [-0.25, -0.2) is 9.97 Å². The van der Waals surface area contributed by atoms with Gasteiger partial charge in [0.1, 0.15) is 11.6 Å². The summed E-state index contributed by atoms with van der Waals surface area (Å²) in [6.45, 7) is 2.58. The van der Waals surface area contributed by atoms with E-state index in [-0.39, 0.29) is 0 Å². The molecule has 156 valence electrons. The molecule has 5 aromatic rings. The van der Waals surface area contributed by atoms with E-state index in [9.17, 15) is 0 Å². The highest BCUT2D eigenvalue weighted by Gasteiger charge is 2.13. The molecule has 2 aromatic carbocycles. The van der Waals surface area contributed by atoms with Crippen molar-refractivity contribution in [3.05, 3.63) is 64.6 Å². The second-order valence-corrected chi connectivity index (χ2v) is 9.19. The topological polar surface area (TPSA) is 56.3 Å². The van der Waals surface area contributed by atoms with Crippen LogP contribution in [-0.2, 0) is 6.54 Å². The summed E-state index contributed by atoms with van der Waals surface area (Å²) in [4.78, 5) is 11.7. The number of benzene rings is 2. The minimum Gasteiger partial charge on any atom is -0.493 e. The van der Waals surface area contributed by atoms with Crippen LogP contribution in [0.1, 0.15) is 10.7 Å². The van der Waals surface area contributed by atoms with Crippen LogP contribution in [0.3, 0.4) is 0 Å². The maximum Gasteiger partial charge on any atom is 0.162 e. The Bertz CT molecular complexity index is 1390. The molecule has 1 N–H and O–H groups in total. The van der Waals surface area contributed by atoms with Crippen LogP contribution in [0.15, 0.2) is 53.9 Å². The third-order valence-electron chi connectivity index (χ3n) is 5.15. The van der Waals surface area contributed by atoms with Gasteiger partial charge in [0.15, 0.2) is 11.5 Å². The van der Waals surface area contributed by atoms with E-state index >= 15 is 0 Å². The number of ether oxygens (including phenoxy) is 2. The standard InChI is InChI=1S/C24H21N3O2S2/c1-14-26-19-11-21(29-3)20(28-2)10-17(19)24(27-14)25-12-15-8-9-23(31-15)18-13-30-22-7-5-4-6-16(18)22/h4-11,13H,12H2,1-3H3,(H,25,26,27). The maximum absolute atomic E-state index is 5.47. The number of aromatic nitrogens is 2. The normalized spacial score (nSPS) is 11.2. The predicted molar refractivity (Wildman–Crippen MR) is 130 cm³/mol. The number of fused-ring (bicyclic) bond motifs is 2. The van der Waals surface area contributed by atoms with Crippen molar-refractivity contribution in [2.45, 2.75) is 13.5 Å². The zero-order chi connectivity index (χ0) is 21.4. The highest BCUT2D eigenvalue weighted by atomic mass is 32.1. The first-order valence-electron chi connectivity index (χ1n) is 9.86. The van der Waals surface area contributed by atoms with Crippen molar-refractivity contribution >= 4 is 49.5 Å². The van der Waals surface area contributed by atoms with Crippen molar-refractivity contribution in [2.24, 2.45) is 0 Å². The lowest BCUT2D eigenvalue weighted by Gasteiger charge is -2.12. The van der Waals surface area contributed by atoms with E-state index in [1.165, 1.54) is 25.4 Å². The molecule has 3 aromatic heterocycles. The molecule has 0 atom stereocenters. The molecule has 0 amide bonds. The van der Waals surface area contributed by atoms with Gasteiger partial charge in [-0.3, -0.25) is 0 Å². The summed E-state index contributed by atoms with van der Waals surface area (Å²) < 4.78 is 12.2. The Labute approximate surface area is 188 Å². The van der Waals surface area contributed by atoms with Crippen molar-refractivity contribution in [3.8, 4) is 21.9 Å². The summed E-state index contributed by atoms with van der Waals surface area (Å²) in [6, 6.07) is 16.7. The molecule has 0 aliphatic carbocycles. The van der Waals surface area contributed by atoms with E-state index in [4.69, 9.17) is 9.47 Å². The zero-order valence-electron chi connectivity index (χ0n) is 17.4. The van der Waals surface area contributed by atoms with E-state index in [1.54, 1.807) is 36.9 Å². The highest BCUT2D eigenvalue weighted by Crippen LogP contribution is 2.38. The monoisotopic (exact) mass is 447 g/mol. The van der Waals surface area contributed by atoms with Crippen LogP contribution < -0.4 is 14.8 Å². The average Bonchev–Trinajstić information content (AvgIpc) is 3.43. The van der Waals surface area contributed by atoms with Crippen LogP contribution in [0.2, 0.25) is 0 Å². The van der Waals surface area contributed by atoms with Gasteiger partial charge in [-0.05, 0) is 31.2 Å². The number of nitrogens with zero attached hydrogens (tertiary/aromatic N) is 2. The number of thiophene rings is 2. The summed E-state index contributed by atoms with van der Waals surface area (Å²) in [5.41, 5.74) is 2.13. The molecule has 0 spiro atoms. The first-order chi connectivity index (χ1) is 15.2. The van der Waals surface area contributed by atoms with E-state index in [0.29, 0.717) is 23.9 Å². The van der Waals surface area contributed by atoms with Crippen molar-refractivity contribution in [2.75, 3.05) is 19.5 Å². The summed E-state index contributed by atoms with van der Waals surface area (Å²) in [5.74, 6) is 2.82. The molecule has 7 heteroatoms. The molecule has 0 aliphatic heterocycles. The number of methoxy groups -OCH3 is 2. The first kappa shape index (κ1) is 19.8. The molecule has 0 aliphatic rings. The van der Waals surface area contributed by atoms with Gasteiger partial charge in [-0.1, -0.05) is 18.2 Å². The molecule has 0 fully saturated rings. The molecule has 31 heavy (non-hydrogen) atoms. The second kappa shape index (κ2) is 8.17. The van der Waals surface area contributed by atoms with Crippen LogP contribution in [-0.4, -0.2) is 24.2 Å². The number of hydrogen-bond donors (Lipinski definition) is 1. The summed E-state index contributed by atoms with van der Waals surface area (Å²) in [6.07, 6.45) is 0. The molecule has 0 saturated heterocycles. The van der Waals surface area contributed by atoms with Crippen LogP contribution >= 0.6 is 22.7 Å². The third kappa shape index (κ3) is 3.71. The Balaban J connectivity index is 1.44. The predicted octanol–water partition coefficient (Wildman–Crippen LogP) is 6.51. The SMILES string of the molecule is COc1cc2nc(C)nc(NCc3ccc(-c4csc5ccccc45)s3)c2cc1OC. The molecule has 5 nitrogen and oxygen atoms in total. The molecule has 0 saturated carbocycles. The van der Waals surface area contributed by atoms with Crippen LogP contribution in [0, 0.1) is 6.92 Å². The molecule has 5 rings (SSSR count). The van der Waals surface area contributed by atoms with Crippen molar-refractivity contribution < 1.29 is 9.47 Å². The number of nitrogens with one attached hydrogen (secondary N) is 1. The van der Waals surface area contributed by atoms with Crippen LogP contribution in [0.4, 0.5) is 5.82 Å². The van der Waals surface area contributed by atoms with Crippen LogP contribution in [0.25, 0.3) is 31.4 Å². The summed E-state index contributed by atoms with van der Waals surface area (Å²) >= 11 is 3.59. The van der Waals surface area contributed by atoms with Crippen molar-refractivity contribution in [1.82, 2.24) is 9.97 Å². The van der Waals surface area contributed by atoms with Gasteiger partial charge >= 0.3 is 0 Å². The molecule has 0 unspecified atom stereocenters. The van der Waals surface area contributed by atoms with Gasteiger partial charge in [0.25, 0.3) is 0 Å². The van der Waals surface area contributed by atoms with Crippen molar-refractivity contribution in [3.63, 3.8) is 0 Å². The lowest BCUT2D eigenvalue weighted by molar-refractivity contribution is 0.356. The third-order valence-corrected chi connectivity index (χ3v) is 7.23. The Morgan fingerprint density at radius 1 is 0.935 bits per heavy atom. The number of rotatable bonds is 6. The van der Waals surface area contributed by atoms with Gasteiger partial charge in [-0.15, -0.1) is 22.7 Å². The fraction of sp³-hybridized carbons (Fsp3) is 0.167. The smallest absolute Gasteiger partial charge is 0.162 e. The lowest BCUT2D eigenvalue weighted by Crippen LogP contribution is -2.04. The minimum atomic E-state index is 0.657. The van der Waals surface area contributed by atoms with E-state index in [0.717, 1.165) is 16.7 Å². The Kier molecular flexibility index (Phi) is 5.21. The van der Waals surface area contributed by atoms with Gasteiger partial charge < -0.3 is 14.8 Å². The van der Waals surface area contributed by atoms with Gasteiger partial charge in [0.2, 0.25) is 0 Å². The fourth-order valence-electron chi connectivity index (χ4n) is 3.66. The average molecular weight is 448 g/mol. The Morgan fingerprint density at radius 2 is 1.74 bits per heavy atom. The van der Waals surface area contributed by atoms with E-state index in [1.807, 2.05) is 19.1 Å².